The smallest absolute Gasteiger partial charge is 0.328 e. The molecule has 2 aromatic heterocycles. The number of carbonyl (C=O) groups excluding carboxylic acids is 4. The molecule has 0 bridgehead atoms. The van der Waals surface area contributed by atoms with Crippen LogP contribution in [-0.2, 0) is 23.9 Å². The summed E-state index contributed by atoms with van der Waals surface area (Å²) in [4.78, 5) is 60.4. The zero-order valence-corrected chi connectivity index (χ0v) is 23.0. The van der Waals surface area contributed by atoms with Gasteiger partial charge in [0.25, 0.3) is 5.91 Å². The van der Waals surface area contributed by atoms with Gasteiger partial charge in [-0.2, -0.15) is 9.97 Å². The van der Waals surface area contributed by atoms with E-state index in [2.05, 4.69) is 46.9 Å². The Balaban J connectivity index is 1.77. The number of carbonyl (C=O) groups is 4. The first-order valence-electron chi connectivity index (χ1n) is 12.3. The number of halogens is 1. The van der Waals surface area contributed by atoms with Crippen LogP contribution in [0.1, 0.15) is 55.1 Å². The van der Waals surface area contributed by atoms with Crippen LogP contribution >= 0.6 is 0 Å². The molecule has 1 aromatic carbocycles. The fourth-order valence-corrected chi connectivity index (χ4v) is 3.32. The monoisotopic (exact) mass is 565 g/mol. The fourth-order valence-electron chi connectivity index (χ4n) is 3.32. The molecule has 0 aliphatic carbocycles. The summed E-state index contributed by atoms with van der Waals surface area (Å²) in [5.74, 6) is 1.55. The number of aromatic nitrogens is 3. The molecule has 0 fully saturated rings. The van der Waals surface area contributed by atoms with Crippen molar-refractivity contribution in [2.45, 2.75) is 39.7 Å². The van der Waals surface area contributed by atoms with Crippen molar-refractivity contribution in [3.8, 4) is 17.7 Å². The van der Waals surface area contributed by atoms with Crippen molar-refractivity contribution in [3.63, 3.8) is 0 Å². The van der Waals surface area contributed by atoms with Crippen LogP contribution in [0.4, 0.5) is 10.3 Å². The van der Waals surface area contributed by atoms with Gasteiger partial charge in [0.15, 0.2) is 5.65 Å². The number of fused-ring (bicyclic) bond motifs is 1. The molecule has 0 spiro atoms. The van der Waals surface area contributed by atoms with E-state index in [0.29, 0.717) is 5.56 Å². The van der Waals surface area contributed by atoms with Crippen molar-refractivity contribution in [2.24, 2.45) is 5.41 Å². The quantitative estimate of drug-likeness (QED) is 0.286. The van der Waals surface area contributed by atoms with E-state index in [-0.39, 0.29) is 46.9 Å². The number of hydrogen-bond acceptors (Lipinski definition) is 10. The average molecular weight is 566 g/mol. The Labute approximate surface area is 234 Å². The molecule has 3 aromatic rings. The molecule has 0 aliphatic rings. The molecule has 3 N–H and O–H groups in total. The Kier molecular flexibility index (Phi) is 9.51. The summed E-state index contributed by atoms with van der Waals surface area (Å²) in [5, 5.41) is 15.4. The summed E-state index contributed by atoms with van der Waals surface area (Å²) in [5.41, 5.74) is -0.317. The van der Waals surface area contributed by atoms with Crippen molar-refractivity contribution in [2.75, 3.05) is 19.5 Å². The average Bonchev–Trinajstić information content (AvgIpc) is 2.93. The van der Waals surface area contributed by atoms with Crippen molar-refractivity contribution in [3.05, 3.63) is 53.0 Å². The second-order valence-electron chi connectivity index (χ2n) is 9.78. The molecule has 2 amide bonds. The van der Waals surface area contributed by atoms with Gasteiger partial charge in [-0.05, 0) is 30.7 Å². The van der Waals surface area contributed by atoms with Crippen LogP contribution < -0.4 is 10.6 Å². The Morgan fingerprint density at radius 2 is 1.76 bits per heavy atom. The third kappa shape index (κ3) is 7.95. The van der Waals surface area contributed by atoms with Crippen LogP contribution in [0.25, 0.3) is 11.0 Å². The lowest BCUT2D eigenvalue weighted by atomic mass is 9.96. The zero-order chi connectivity index (χ0) is 30.3. The summed E-state index contributed by atoms with van der Waals surface area (Å²) in [6, 6.07) is 3.96. The van der Waals surface area contributed by atoms with Gasteiger partial charge in [0.2, 0.25) is 17.7 Å². The highest BCUT2D eigenvalue weighted by atomic mass is 19.1. The molecule has 2 heterocycles. The maximum atomic E-state index is 14.8. The van der Waals surface area contributed by atoms with Crippen LogP contribution in [-0.4, -0.2) is 64.1 Å². The zero-order valence-electron chi connectivity index (χ0n) is 23.0. The van der Waals surface area contributed by atoms with Gasteiger partial charge in [-0.15, -0.1) is 0 Å². The first-order valence-corrected chi connectivity index (χ1v) is 12.3. The summed E-state index contributed by atoms with van der Waals surface area (Å²) in [6.07, 6.45) is 1.14. The summed E-state index contributed by atoms with van der Waals surface area (Å²) < 4.78 is 24.0. The summed E-state index contributed by atoms with van der Waals surface area (Å²) in [7, 11) is 2.31. The van der Waals surface area contributed by atoms with Gasteiger partial charge in [0.1, 0.15) is 11.9 Å². The van der Waals surface area contributed by atoms with E-state index in [1.54, 1.807) is 20.8 Å². The van der Waals surface area contributed by atoms with Gasteiger partial charge < -0.3 is 19.9 Å². The molecule has 0 saturated carbocycles. The number of nitrogens with zero attached hydrogens (tertiary/aromatic N) is 3. The molecular formula is C28H28FN5O7. The predicted molar refractivity (Wildman–Crippen MR) is 144 cm³/mol. The van der Waals surface area contributed by atoms with E-state index in [1.807, 2.05) is 0 Å². The number of methoxy groups -OCH3 is 2. The van der Waals surface area contributed by atoms with Crippen molar-refractivity contribution in [1.82, 2.24) is 20.3 Å². The molecule has 41 heavy (non-hydrogen) atoms. The minimum absolute atomic E-state index is 0.0937. The van der Waals surface area contributed by atoms with Gasteiger partial charge in [0.05, 0.1) is 25.2 Å². The second-order valence-corrected chi connectivity index (χ2v) is 9.78. The fraction of sp³-hybridized carbons (Fsp3) is 0.321. The molecular weight excluding hydrogens is 537 g/mol. The topological polar surface area (TPSA) is 170 Å². The minimum atomic E-state index is -1.18. The van der Waals surface area contributed by atoms with Crippen LogP contribution in [0.2, 0.25) is 0 Å². The molecule has 0 unspecified atom stereocenters. The maximum Gasteiger partial charge on any atom is 0.328 e. The van der Waals surface area contributed by atoms with E-state index in [1.165, 1.54) is 31.5 Å². The molecule has 13 heteroatoms. The van der Waals surface area contributed by atoms with Crippen LogP contribution in [0.3, 0.4) is 0 Å². The van der Waals surface area contributed by atoms with Crippen LogP contribution in [0, 0.1) is 23.1 Å². The third-order valence-corrected chi connectivity index (χ3v) is 5.66. The molecule has 0 aliphatic heterocycles. The molecule has 12 nitrogen and oxygen atoms in total. The highest BCUT2D eigenvalue weighted by Crippen LogP contribution is 2.23. The van der Waals surface area contributed by atoms with Gasteiger partial charge in [-0.25, -0.2) is 14.2 Å². The van der Waals surface area contributed by atoms with Gasteiger partial charge in [-0.1, -0.05) is 32.6 Å². The van der Waals surface area contributed by atoms with E-state index < -0.39 is 41.0 Å². The SMILES string of the molecule is COC(=O)CC[C@@H](NC(=O)c1ccc(C#Cc2cnc3nc(NC(=O)C(C)(C)C)nc(O)c3c2)cc1F)C(=O)OC. The van der Waals surface area contributed by atoms with Crippen molar-refractivity contribution >= 4 is 40.7 Å². The molecule has 1 atom stereocenters. The first kappa shape index (κ1) is 30.4. The Morgan fingerprint density at radius 3 is 2.39 bits per heavy atom. The number of pyridine rings is 1. The summed E-state index contributed by atoms with van der Waals surface area (Å²) >= 11 is 0. The number of ether oxygens (including phenoxy) is 2. The predicted octanol–water partition coefficient (Wildman–Crippen LogP) is 2.48. The number of benzene rings is 1. The van der Waals surface area contributed by atoms with Crippen molar-refractivity contribution < 1.29 is 38.1 Å². The van der Waals surface area contributed by atoms with E-state index in [9.17, 15) is 28.7 Å². The summed E-state index contributed by atoms with van der Waals surface area (Å²) in [6.45, 7) is 5.16. The standard InChI is InChI=1S/C28H28FN5O7/c1-28(2,3)26(39)34-27-32-22-18(24(37)33-27)12-16(14-30-22)7-6-15-8-9-17(19(29)13-15)23(36)31-20(25(38)41-5)10-11-21(35)40-4/h8-9,12-14,20H,10-11H2,1-5H3,(H,31,36)(H2,30,32,33,34,37,39)/t20-/m1/s1. The maximum absolute atomic E-state index is 14.8. The van der Waals surface area contributed by atoms with Gasteiger partial charge >= 0.3 is 11.9 Å². The number of rotatable bonds is 7. The number of anilines is 1. The first-order chi connectivity index (χ1) is 19.3. The largest absolute Gasteiger partial charge is 0.493 e. The highest BCUT2D eigenvalue weighted by molar-refractivity contribution is 5.97. The third-order valence-electron chi connectivity index (χ3n) is 5.66. The van der Waals surface area contributed by atoms with E-state index in [0.717, 1.165) is 13.2 Å². The highest BCUT2D eigenvalue weighted by Gasteiger charge is 2.25. The lowest BCUT2D eigenvalue weighted by Crippen LogP contribution is -2.42. The van der Waals surface area contributed by atoms with Gasteiger partial charge in [-0.3, -0.25) is 19.7 Å². The number of amides is 2. The van der Waals surface area contributed by atoms with Crippen LogP contribution in [0.5, 0.6) is 5.88 Å². The number of esters is 2. The number of nitrogens with one attached hydrogen (secondary N) is 2. The van der Waals surface area contributed by atoms with Crippen LogP contribution in [0.15, 0.2) is 30.5 Å². The Hall–Kier alpha value is -5.12. The molecule has 0 radical (unpaired) electrons. The number of hydrogen-bond donors (Lipinski definition) is 3. The Morgan fingerprint density at radius 1 is 1.05 bits per heavy atom. The molecule has 214 valence electrons. The van der Waals surface area contributed by atoms with Crippen molar-refractivity contribution in [1.29, 1.82) is 0 Å². The Bertz CT molecular complexity index is 1570. The second kappa shape index (κ2) is 12.8. The van der Waals surface area contributed by atoms with E-state index >= 15 is 0 Å². The number of aromatic hydroxyl groups is 1. The van der Waals surface area contributed by atoms with Gasteiger partial charge in [0, 0.05) is 29.2 Å². The minimum Gasteiger partial charge on any atom is -0.493 e. The lowest BCUT2D eigenvalue weighted by molar-refractivity contribution is -0.144. The molecule has 3 rings (SSSR count). The lowest BCUT2D eigenvalue weighted by Gasteiger charge is -2.16. The molecule has 0 saturated heterocycles. The normalized spacial score (nSPS) is 11.6. The van der Waals surface area contributed by atoms with E-state index in [4.69, 9.17) is 0 Å².